The number of nitrogens with one attached hydrogen (secondary N) is 3. The summed E-state index contributed by atoms with van der Waals surface area (Å²) in [7, 11) is -1.15. The van der Waals surface area contributed by atoms with E-state index in [9.17, 15) is 18.0 Å². The number of amides is 3. The number of hydrogen-bond donors (Lipinski definition) is 3. The highest BCUT2D eigenvalue weighted by atomic mass is 32.2. The van der Waals surface area contributed by atoms with Gasteiger partial charge >= 0.3 is 6.03 Å². The monoisotopic (exact) mass is 461 g/mol. The summed E-state index contributed by atoms with van der Waals surface area (Å²) >= 11 is 0. The molecule has 174 valence electrons. The summed E-state index contributed by atoms with van der Waals surface area (Å²) in [6.45, 7) is 8.15. The van der Waals surface area contributed by atoms with E-state index in [1.54, 1.807) is 25.1 Å². The van der Waals surface area contributed by atoms with Gasteiger partial charge in [-0.15, -0.1) is 0 Å². The number of rotatable bonds is 7. The molecule has 8 nitrogen and oxygen atoms in total. The van der Waals surface area contributed by atoms with Crippen molar-refractivity contribution in [3.63, 3.8) is 0 Å². The molecule has 2 rings (SSSR count). The smallest absolute Gasteiger partial charge is 0.328 e. The van der Waals surface area contributed by atoms with Crippen molar-refractivity contribution in [3.05, 3.63) is 58.7 Å². The fraction of sp³-hybridized carbons (Fsp3) is 0.391. The number of ether oxygens (including phenoxy) is 1. The average molecular weight is 462 g/mol. The fourth-order valence-corrected chi connectivity index (χ4v) is 4.34. The molecular formula is C23H31N3O5S. The van der Waals surface area contributed by atoms with Crippen LogP contribution in [0.15, 0.2) is 41.3 Å². The minimum absolute atomic E-state index is 0.0180. The van der Waals surface area contributed by atoms with E-state index in [2.05, 4.69) is 31.4 Å². The van der Waals surface area contributed by atoms with Crippen LogP contribution in [0.25, 0.3) is 0 Å². The van der Waals surface area contributed by atoms with Gasteiger partial charge in [-0.3, -0.25) is 4.79 Å². The largest absolute Gasteiger partial charge is 0.496 e. The number of urea groups is 1. The molecule has 0 heterocycles. The number of benzene rings is 2. The third-order valence-corrected chi connectivity index (χ3v) is 6.48. The van der Waals surface area contributed by atoms with Gasteiger partial charge in [0.05, 0.1) is 17.6 Å². The zero-order valence-electron chi connectivity index (χ0n) is 19.3. The number of sulfonamides is 1. The number of aryl methyl sites for hydroxylation is 1. The summed E-state index contributed by atoms with van der Waals surface area (Å²) in [5.41, 5.74) is 2.57. The second-order valence-corrected chi connectivity index (χ2v) is 10.1. The Morgan fingerprint density at radius 2 is 1.75 bits per heavy atom. The van der Waals surface area contributed by atoms with Crippen LogP contribution in [0.2, 0.25) is 0 Å². The predicted molar refractivity (Wildman–Crippen MR) is 124 cm³/mol. The number of hydrogen-bond acceptors (Lipinski definition) is 5. The normalized spacial score (nSPS) is 11.6. The Labute approximate surface area is 189 Å². The summed E-state index contributed by atoms with van der Waals surface area (Å²) < 4.78 is 32.2. The van der Waals surface area contributed by atoms with Crippen molar-refractivity contribution in [1.82, 2.24) is 15.4 Å². The standard InChI is InChI=1S/C23H31N3O5S/c1-15-7-8-16(13-20(15)32(29,30)26-22(28)24-5)11-12-25-21(27)18-14-17(23(2,3)4)9-10-19(18)31-6/h7-10,13-14H,11-12H2,1-6H3,(H,25,27)(H2,24,26,28). The molecule has 0 atom stereocenters. The molecule has 0 saturated carbocycles. The lowest BCUT2D eigenvalue weighted by Gasteiger charge is -2.21. The maximum atomic E-state index is 12.8. The molecule has 0 aliphatic heterocycles. The third-order valence-electron chi connectivity index (χ3n) is 5.01. The molecule has 2 aromatic carbocycles. The molecule has 3 N–H and O–H groups in total. The van der Waals surface area contributed by atoms with Gasteiger partial charge in [0, 0.05) is 13.6 Å². The average Bonchev–Trinajstić information content (AvgIpc) is 2.73. The number of methoxy groups -OCH3 is 1. The molecule has 0 aliphatic carbocycles. The molecule has 0 fully saturated rings. The summed E-state index contributed by atoms with van der Waals surface area (Å²) in [5.74, 6) is 0.216. The van der Waals surface area contributed by atoms with Crippen LogP contribution >= 0.6 is 0 Å². The van der Waals surface area contributed by atoms with E-state index < -0.39 is 16.1 Å². The van der Waals surface area contributed by atoms with Gasteiger partial charge in [-0.25, -0.2) is 17.9 Å². The lowest BCUT2D eigenvalue weighted by Crippen LogP contribution is -2.37. The van der Waals surface area contributed by atoms with E-state index in [0.29, 0.717) is 35.4 Å². The Morgan fingerprint density at radius 3 is 2.34 bits per heavy atom. The van der Waals surface area contributed by atoms with Gasteiger partial charge < -0.3 is 15.4 Å². The molecule has 2 aromatic rings. The number of carbonyl (C=O) groups excluding carboxylic acids is 2. The van der Waals surface area contributed by atoms with Crippen molar-refractivity contribution in [3.8, 4) is 5.75 Å². The van der Waals surface area contributed by atoms with E-state index in [1.165, 1.54) is 20.2 Å². The van der Waals surface area contributed by atoms with Crippen molar-refractivity contribution in [2.75, 3.05) is 20.7 Å². The molecule has 0 bridgehead atoms. The Bertz CT molecular complexity index is 1110. The first-order valence-electron chi connectivity index (χ1n) is 10.2. The molecule has 3 amide bonds. The highest BCUT2D eigenvalue weighted by Crippen LogP contribution is 2.28. The highest BCUT2D eigenvalue weighted by Gasteiger charge is 2.21. The molecule has 0 aromatic heterocycles. The van der Waals surface area contributed by atoms with Crippen molar-refractivity contribution >= 4 is 22.0 Å². The maximum Gasteiger partial charge on any atom is 0.328 e. The minimum atomic E-state index is -4.00. The van der Waals surface area contributed by atoms with Crippen molar-refractivity contribution in [2.45, 2.75) is 44.4 Å². The van der Waals surface area contributed by atoms with Crippen molar-refractivity contribution in [2.24, 2.45) is 0 Å². The van der Waals surface area contributed by atoms with Gasteiger partial charge in [-0.05, 0) is 53.6 Å². The van der Waals surface area contributed by atoms with Crippen LogP contribution in [-0.2, 0) is 21.9 Å². The van der Waals surface area contributed by atoms with Crippen LogP contribution in [0.1, 0.15) is 47.8 Å². The molecule has 0 saturated heterocycles. The maximum absolute atomic E-state index is 12.8. The van der Waals surface area contributed by atoms with Gasteiger partial charge in [0.2, 0.25) is 0 Å². The molecule has 32 heavy (non-hydrogen) atoms. The first-order valence-corrected chi connectivity index (χ1v) is 11.7. The minimum Gasteiger partial charge on any atom is -0.496 e. The molecule has 0 aliphatic rings. The molecule has 0 unspecified atom stereocenters. The first kappa shape index (κ1) is 25.2. The Hall–Kier alpha value is -3.07. The first-order chi connectivity index (χ1) is 14.9. The van der Waals surface area contributed by atoms with Crippen LogP contribution in [0.5, 0.6) is 5.75 Å². The Kier molecular flexibility index (Phi) is 7.90. The van der Waals surface area contributed by atoms with Gasteiger partial charge in [-0.2, -0.15) is 0 Å². The third kappa shape index (κ3) is 6.23. The molecule has 9 heteroatoms. The van der Waals surface area contributed by atoms with Crippen LogP contribution < -0.4 is 20.1 Å². The lowest BCUT2D eigenvalue weighted by atomic mass is 9.86. The molecule has 0 spiro atoms. The zero-order valence-corrected chi connectivity index (χ0v) is 20.1. The van der Waals surface area contributed by atoms with E-state index in [0.717, 1.165) is 5.56 Å². The lowest BCUT2D eigenvalue weighted by molar-refractivity contribution is 0.0951. The topological polar surface area (TPSA) is 114 Å². The van der Waals surface area contributed by atoms with Crippen LogP contribution in [-0.4, -0.2) is 41.1 Å². The summed E-state index contributed by atoms with van der Waals surface area (Å²) in [5, 5.41) is 5.09. The van der Waals surface area contributed by atoms with Crippen LogP contribution in [0.4, 0.5) is 4.79 Å². The fourth-order valence-electron chi connectivity index (χ4n) is 3.09. The summed E-state index contributed by atoms with van der Waals surface area (Å²) in [4.78, 5) is 24.3. The second kappa shape index (κ2) is 10.0. The predicted octanol–water partition coefficient (Wildman–Crippen LogP) is 2.89. The quantitative estimate of drug-likeness (QED) is 0.587. The molecular weight excluding hydrogens is 430 g/mol. The second-order valence-electron chi connectivity index (χ2n) is 8.46. The van der Waals surface area contributed by atoms with Crippen molar-refractivity contribution in [1.29, 1.82) is 0 Å². The zero-order chi connectivity index (χ0) is 24.1. The number of carbonyl (C=O) groups is 2. The molecule has 0 radical (unpaired) electrons. The van der Waals surface area contributed by atoms with Gasteiger partial charge in [-0.1, -0.05) is 39.0 Å². The van der Waals surface area contributed by atoms with E-state index >= 15 is 0 Å². The van der Waals surface area contributed by atoms with E-state index in [4.69, 9.17) is 4.74 Å². The van der Waals surface area contributed by atoms with Gasteiger partial charge in [0.1, 0.15) is 5.75 Å². The summed E-state index contributed by atoms with van der Waals surface area (Å²) in [6.07, 6.45) is 0.412. The van der Waals surface area contributed by atoms with Crippen LogP contribution in [0.3, 0.4) is 0 Å². The van der Waals surface area contributed by atoms with Gasteiger partial charge in [0.15, 0.2) is 0 Å². The van der Waals surface area contributed by atoms with E-state index in [-0.39, 0.29) is 16.2 Å². The summed E-state index contributed by atoms with van der Waals surface area (Å²) in [6, 6.07) is 9.71. The SMILES string of the molecule is CNC(=O)NS(=O)(=O)c1cc(CCNC(=O)c2cc(C(C)(C)C)ccc2OC)ccc1C. The highest BCUT2D eigenvalue weighted by molar-refractivity contribution is 7.90. The Morgan fingerprint density at radius 1 is 1.06 bits per heavy atom. The van der Waals surface area contributed by atoms with Crippen LogP contribution in [0, 0.1) is 6.92 Å². The van der Waals surface area contributed by atoms with Crippen molar-refractivity contribution < 1.29 is 22.7 Å². The van der Waals surface area contributed by atoms with Gasteiger partial charge in [0.25, 0.3) is 15.9 Å². The van der Waals surface area contributed by atoms with E-state index in [1.807, 2.05) is 16.9 Å². The Balaban J connectivity index is 2.14.